The monoisotopic (exact) mass is 305 g/mol. The molecule has 1 aliphatic rings. The molecule has 1 saturated carbocycles. The summed E-state index contributed by atoms with van der Waals surface area (Å²) in [6, 6.07) is 13.0. The number of hydrogen-bond acceptors (Lipinski definition) is 1. The van der Waals surface area contributed by atoms with E-state index in [1.165, 1.54) is 24.0 Å². The van der Waals surface area contributed by atoms with Crippen LogP contribution >= 0.6 is 23.2 Å². The standard InChI is InChI=1S/C17H17Cl2N/c1-11-9-12(10-20-13-6-7-13)5-8-14(11)15-3-2-4-16(18)17(15)19/h2-5,8-9,13,20H,6-7,10H2,1H3. The molecular formula is C17H17Cl2N. The van der Waals surface area contributed by atoms with Gasteiger partial charge in [-0.3, -0.25) is 0 Å². The van der Waals surface area contributed by atoms with E-state index in [0.29, 0.717) is 10.0 Å². The third-order valence-electron chi connectivity index (χ3n) is 3.70. The van der Waals surface area contributed by atoms with Crippen molar-refractivity contribution in [2.75, 3.05) is 0 Å². The minimum Gasteiger partial charge on any atom is -0.310 e. The Hall–Kier alpha value is -1.02. The van der Waals surface area contributed by atoms with Crippen molar-refractivity contribution in [3.05, 3.63) is 57.6 Å². The maximum absolute atomic E-state index is 6.31. The molecule has 0 aliphatic heterocycles. The van der Waals surface area contributed by atoms with Gasteiger partial charge in [0.25, 0.3) is 0 Å². The van der Waals surface area contributed by atoms with Crippen molar-refractivity contribution in [2.45, 2.75) is 32.4 Å². The second kappa shape index (κ2) is 5.77. The molecule has 1 fully saturated rings. The number of aryl methyl sites for hydroxylation is 1. The van der Waals surface area contributed by atoms with Gasteiger partial charge in [0.15, 0.2) is 0 Å². The molecule has 0 spiro atoms. The van der Waals surface area contributed by atoms with Crippen molar-refractivity contribution in [3.8, 4) is 11.1 Å². The summed E-state index contributed by atoms with van der Waals surface area (Å²) in [7, 11) is 0. The SMILES string of the molecule is Cc1cc(CNC2CC2)ccc1-c1cccc(Cl)c1Cl. The Balaban J connectivity index is 1.87. The van der Waals surface area contributed by atoms with E-state index in [0.717, 1.165) is 23.7 Å². The molecule has 0 heterocycles. The Bertz CT molecular complexity index is 633. The van der Waals surface area contributed by atoms with Gasteiger partial charge in [-0.05, 0) is 42.5 Å². The van der Waals surface area contributed by atoms with Crippen LogP contribution in [0.25, 0.3) is 11.1 Å². The molecule has 3 rings (SSSR count). The molecular weight excluding hydrogens is 289 g/mol. The fraction of sp³-hybridized carbons (Fsp3) is 0.294. The minimum atomic E-state index is 0.600. The van der Waals surface area contributed by atoms with Crippen molar-refractivity contribution in [1.82, 2.24) is 5.32 Å². The lowest BCUT2D eigenvalue weighted by atomic mass is 9.98. The van der Waals surface area contributed by atoms with Gasteiger partial charge in [0.2, 0.25) is 0 Å². The van der Waals surface area contributed by atoms with E-state index >= 15 is 0 Å². The number of nitrogens with one attached hydrogen (secondary N) is 1. The first-order valence-corrected chi connectivity index (χ1v) is 7.68. The van der Waals surface area contributed by atoms with E-state index in [1.807, 2.05) is 18.2 Å². The lowest BCUT2D eigenvalue weighted by Crippen LogP contribution is -2.15. The quantitative estimate of drug-likeness (QED) is 0.816. The number of rotatable bonds is 4. The molecule has 2 aromatic carbocycles. The van der Waals surface area contributed by atoms with Crippen LogP contribution in [0.2, 0.25) is 10.0 Å². The molecule has 1 N–H and O–H groups in total. The van der Waals surface area contributed by atoms with Gasteiger partial charge < -0.3 is 5.32 Å². The molecule has 0 amide bonds. The molecule has 0 atom stereocenters. The summed E-state index contributed by atoms with van der Waals surface area (Å²) in [6.07, 6.45) is 2.63. The van der Waals surface area contributed by atoms with Crippen LogP contribution in [0.5, 0.6) is 0 Å². The Kier molecular flexibility index (Phi) is 4.02. The molecule has 0 aromatic heterocycles. The summed E-state index contributed by atoms with van der Waals surface area (Å²) in [5.74, 6) is 0. The van der Waals surface area contributed by atoms with Crippen molar-refractivity contribution in [1.29, 1.82) is 0 Å². The highest BCUT2D eigenvalue weighted by atomic mass is 35.5. The highest BCUT2D eigenvalue weighted by Crippen LogP contribution is 2.35. The molecule has 2 aromatic rings. The highest BCUT2D eigenvalue weighted by Gasteiger charge is 2.20. The van der Waals surface area contributed by atoms with E-state index in [4.69, 9.17) is 23.2 Å². The molecule has 20 heavy (non-hydrogen) atoms. The molecule has 0 bridgehead atoms. The molecule has 104 valence electrons. The molecule has 3 heteroatoms. The molecule has 0 unspecified atom stereocenters. The first kappa shape index (κ1) is 13.9. The Labute approximate surface area is 129 Å². The van der Waals surface area contributed by atoms with Crippen molar-refractivity contribution in [3.63, 3.8) is 0 Å². The summed E-state index contributed by atoms with van der Waals surface area (Å²) in [5, 5.41) is 4.76. The molecule has 0 radical (unpaired) electrons. The zero-order chi connectivity index (χ0) is 14.1. The van der Waals surface area contributed by atoms with E-state index in [2.05, 4.69) is 30.4 Å². The van der Waals surface area contributed by atoms with Gasteiger partial charge in [-0.15, -0.1) is 0 Å². The van der Waals surface area contributed by atoms with Crippen LogP contribution in [0, 0.1) is 6.92 Å². The van der Waals surface area contributed by atoms with Crippen LogP contribution in [-0.2, 0) is 6.54 Å². The third-order valence-corrected chi connectivity index (χ3v) is 4.52. The summed E-state index contributed by atoms with van der Waals surface area (Å²) in [5.41, 5.74) is 4.69. The lowest BCUT2D eigenvalue weighted by molar-refractivity contribution is 0.687. The van der Waals surface area contributed by atoms with Crippen molar-refractivity contribution in [2.24, 2.45) is 0 Å². The number of benzene rings is 2. The van der Waals surface area contributed by atoms with Crippen molar-refractivity contribution >= 4 is 23.2 Å². The smallest absolute Gasteiger partial charge is 0.0670 e. The predicted molar refractivity (Wildman–Crippen MR) is 86.5 cm³/mol. The van der Waals surface area contributed by atoms with Gasteiger partial charge in [0, 0.05) is 18.2 Å². The van der Waals surface area contributed by atoms with E-state index in [1.54, 1.807) is 0 Å². The Morgan fingerprint density at radius 3 is 2.60 bits per heavy atom. The molecule has 1 nitrogen and oxygen atoms in total. The summed E-state index contributed by atoms with van der Waals surface area (Å²) >= 11 is 12.4. The van der Waals surface area contributed by atoms with E-state index in [9.17, 15) is 0 Å². The maximum Gasteiger partial charge on any atom is 0.0670 e. The second-order valence-electron chi connectivity index (χ2n) is 5.41. The van der Waals surface area contributed by atoms with Crippen molar-refractivity contribution < 1.29 is 0 Å². The first-order chi connectivity index (χ1) is 9.65. The van der Waals surface area contributed by atoms with Gasteiger partial charge in [0.1, 0.15) is 0 Å². The van der Waals surface area contributed by atoms with E-state index in [-0.39, 0.29) is 0 Å². The minimum absolute atomic E-state index is 0.600. The van der Waals surface area contributed by atoms with Crippen LogP contribution in [0.4, 0.5) is 0 Å². The third kappa shape index (κ3) is 3.01. The summed E-state index contributed by atoms with van der Waals surface area (Å²) in [4.78, 5) is 0. The highest BCUT2D eigenvalue weighted by molar-refractivity contribution is 6.43. The van der Waals surface area contributed by atoms with Crippen LogP contribution in [0.3, 0.4) is 0 Å². The average Bonchev–Trinajstić information content (AvgIpc) is 3.24. The lowest BCUT2D eigenvalue weighted by Gasteiger charge is -2.11. The zero-order valence-corrected chi connectivity index (χ0v) is 12.9. The topological polar surface area (TPSA) is 12.0 Å². The van der Waals surface area contributed by atoms with Gasteiger partial charge in [0.05, 0.1) is 10.0 Å². The molecule has 1 aliphatic carbocycles. The fourth-order valence-corrected chi connectivity index (χ4v) is 2.80. The fourth-order valence-electron chi connectivity index (χ4n) is 2.40. The first-order valence-electron chi connectivity index (χ1n) is 6.92. The normalized spacial score (nSPS) is 14.6. The van der Waals surface area contributed by atoms with Gasteiger partial charge in [-0.2, -0.15) is 0 Å². The number of halogens is 2. The predicted octanol–water partition coefficient (Wildman–Crippen LogP) is 5.22. The largest absolute Gasteiger partial charge is 0.310 e. The van der Waals surface area contributed by atoms with Crippen LogP contribution in [0.15, 0.2) is 36.4 Å². The van der Waals surface area contributed by atoms with E-state index < -0.39 is 0 Å². The Morgan fingerprint density at radius 2 is 1.90 bits per heavy atom. The average molecular weight is 306 g/mol. The Morgan fingerprint density at radius 1 is 1.10 bits per heavy atom. The van der Waals surface area contributed by atoms with Gasteiger partial charge in [-0.1, -0.05) is 53.5 Å². The summed E-state index contributed by atoms with van der Waals surface area (Å²) < 4.78 is 0. The number of hydrogen-bond donors (Lipinski definition) is 1. The van der Waals surface area contributed by atoms with Gasteiger partial charge in [-0.25, -0.2) is 0 Å². The maximum atomic E-state index is 6.31. The zero-order valence-electron chi connectivity index (χ0n) is 11.4. The van der Waals surface area contributed by atoms with Gasteiger partial charge >= 0.3 is 0 Å². The summed E-state index contributed by atoms with van der Waals surface area (Å²) in [6.45, 7) is 3.06. The van der Waals surface area contributed by atoms with Crippen LogP contribution < -0.4 is 5.32 Å². The van der Waals surface area contributed by atoms with Crippen LogP contribution in [0.1, 0.15) is 24.0 Å². The molecule has 0 saturated heterocycles. The second-order valence-corrected chi connectivity index (χ2v) is 6.19. The van der Waals surface area contributed by atoms with Crippen LogP contribution in [-0.4, -0.2) is 6.04 Å².